The lowest BCUT2D eigenvalue weighted by Gasteiger charge is -2.28. The molecule has 1 aliphatic carbocycles. The summed E-state index contributed by atoms with van der Waals surface area (Å²) in [6, 6.07) is 15.8. The van der Waals surface area contributed by atoms with Crippen molar-refractivity contribution in [2.24, 2.45) is 5.92 Å². The van der Waals surface area contributed by atoms with Crippen molar-refractivity contribution < 1.29 is 14.3 Å². The average Bonchev–Trinajstić information content (AvgIpc) is 2.84. The molecule has 0 heterocycles. The molecular formula is C29H38O3. The maximum absolute atomic E-state index is 11.7. The Morgan fingerprint density at radius 1 is 0.938 bits per heavy atom. The van der Waals surface area contributed by atoms with Gasteiger partial charge in [-0.2, -0.15) is 0 Å². The van der Waals surface area contributed by atoms with E-state index in [1.165, 1.54) is 50.2 Å². The third-order valence-electron chi connectivity index (χ3n) is 6.55. The molecule has 172 valence electrons. The summed E-state index contributed by atoms with van der Waals surface area (Å²) in [5.74, 6) is 3.06. The van der Waals surface area contributed by atoms with Crippen molar-refractivity contribution in [3.05, 3.63) is 72.3 Å². The number of rotatable bonds is 12. The van der Waals surface area contributed by atoms with Crippen molar-refractivity contribution in [2.45, 2.75) is 83.8 Å². The van der Waals surface area contributed by atoms with Crippen LogP contribution in [0.1, 0.15) is 93.5 Å². The molecule has 1 aliphatic rings. The number of ether oxygens (including phenoxy) is 2. The van der Waals surface area contributed by atoms with Gasteiger partial charge >= 0.3 is 0 Å². The van der Waals surface area contributed by atoms with Crippen LogP contribution in [0.4, 0.5) is 0 Å². The molecule has 0 amide bonds. The van der Waals surface area contributed by atoms with Gasteiger partial charge in [0.15, 0.2) is 5.78 Å². The monoisotopic (exact) mass is 434 g/mol. The summed E-state index contributed by atoms with van der Waals surface area (Å²) < 4.78 is 12.3. The van der Waals surface area contributed by atoms with E-state index in [2.05, 4.69) is 44.7 Å². The molecule has 3 heteroatoms. The van der Waals surface area contributed by atoms with E-state index in [4.69, 9.17) is 9.47 Å². The van der Waals surface area contributed by atoms with Crippen LogP contribution >= 0.6 is 0 Å². The van der Waals surface area contributed by atoms with Crippen LogP contribution in [0.15, 0.2) is 61.2 Å². The third kappa shape index (κ3) is 6.98. The Morgan fingerprint density at radius 2 is 1.53 bits per heavy atom. The molecule has 1 saturated carbocycles. The minimum absolute atomic E-state index is 0.0886. The minimum atomic E-state index is -0.355. The van der Waals surface area contributed by atoms with Crippen LogP contribution in [0.25, 0.3) is 0 Å². The SMILES string of the molecule is C=CC(=O)c1ccc(OC(CCCC)Oc2ccc(C3CCC(CCC)CC3)cc2)cc1. The Hall–Kier alpha value is -2.55. The Morgan fingerprint density at radius 3 is 2.06 bits per heavy atom. The number of ketones is 1. The zero-order chi connectivity index (χ0) is 22.8. The predicted molar refractivity (Wildman–Crippen MR) is 132 cm³/mol. The number of benzene rings is 2. The topological polar surface area (TPSA) is 35.5 Å². The molecule has 0 radical (unpaired) electrons. The molecule has 0 N–H and O–H groups in total. The van der Waals surface area contributed by atoms with Gasteiger partial charge in [0.05, 0.1) is 0 Å². The molecule has 1 unspecified atom stereocenters. The molecule has 0 aliphatic heterocycles. The van der Waals surface area contributed by atoms with E-state index < -0.39 is 0 Å². The summed E-state index contributed by atoms with van der Waals surface area (Å²) in [6.07, 6.45) is 11.9. The molecule has 0 bridgehead atoms. The Balaban J connectivity index is 1.59. The second-order valence-corrected chi connectivity index (χ2v) is 8.98. The molecule has 3 nitrogen and oxygen atoms in total. The number of unbranched alkanes of at least 4 members (excludes halogenated alkanes) is 1. The van der Waals surface area contributed by atoms with Gasteiger partial charge in [-0.05, 0) is 92.0 Å². The predicted octanol–water partition coefficient (Wildman–Crippen LogP) is 8.10. The van der Waals surface area contributed by atoms with Crippen LogP contribution in [0.5, 0.6) is 11.5 Å². The maximum Gasteiger partial charge on any atom is 0.241 e. The van der Waals surface area contributed by atoms with E-state index in [-0.39, 0.29) is 12.1 Å². The summed E-state index contributed by atoms with van der Waals surface area (Å²) in [5.41, 5.74) is 2.04. The van der Waals surface area contributed by atoms with E-state index in [1.807, 2.05) is 12.1 Å². The fourth-order valence-corrected chi connectivity index (χ4v) is 4.64. The lowest BCUT2D eigenvalue weighted by molar-refractivity contribution is -0.00214. The molecule has 2 aromatic rings. The molecule has 32 heavy (non-hydrogen) atoms. The van der Waals surface area contributed by atoms with Crippen molar-refractivity contribution in [1.82, 2.24) is 0 Å². The van der Waals surface area contributed by atoms with Crippen molar-refractivity contribution in [3.8, 4) is 11.5 Å². The van der Waals surface area contributed by atoms with Gasteiger partial charge in [0.1, 0.15) is 11.5 Å². The van der Waals surface area contributed by atoms with Crippen LogP contribution in [0, 0.1) is 5.92 Å². The van der Waals surface area contributed by atoms with E-state index in [0.29, 0.717) is 17.2 Å². The van der Waals surface area contributed by atoms with Gasteiger partial charge in [0.25, 0.3) is 0 Å². The largest absolute Gasteiger partial charge is 0.455 e. The highest BCUT2D eigenvalue weighted by molar-refractivity contribution is 6.04. The molecule has 2 aromatic carbocycles. The number of carbonyl (C=O) groups excluding carboxylic acids is 1. The van der Waals surface area contributed by atoms with Crippen LogP contribution in [-0.2, 0) is 0 Å². The molecule has 3 rings (SSSR count). The summed E-state index contributed by atoms with van der Waals surface area (Å²) in [6.45, 7) is 7.99. The molecule has 0 aromatic heterocycles. The van der Waals surface area contributed by atoms with E-state index in [9.17, 15) is 4.79 Å². The fraction of sp³-hybridized carbons (Fsp3) is 0.483. The molecular weight excluding hydrogens is 396 g/mol. The van der Waals surface area contributed by atoms with Gasteiger partial charge in [0.2, 0.25) is 6.29 Å². The Labute approximate surface area is 193 Å². The van der Waals surface area contributed by atoms with Gasteiger partial charge in [-0.1, -0.05) is 51.8 Å². The number of hydrogen-bond acceptors (Lipinski definition) is 3. The smallest absolute Gasteiger partial charge is 0.241 e. The molecule has 1 atom stereocenters. The lowest BCUT2D eigenvalue weighted by Crippen LogP contribution is -2.24. The summed E-state index contributed by atoms with van der Waals surface area (Å²) in [4.78, 5) is 11.7. The van der Waals surface area contributed by atoms with Gasteiger partial charge in [-0.15, -0.1) is 0 Å². The van der Waals surface area contributed by atoms with Crippen LogP contribution in [0.2, 0.25) is 0 Å². The van der Waals surface area contributed by atoms with E-state index in [1.54, 1.807) is 12.1 Å². The van der Waals surface area contributed by atoms with Gasteiger partial charge in [0, 0.05) is 12.0 Å². The average molecular weight is 435 g/mol. The normalized spacial score (nSPS) is 19.2. The highest BCUT2D eigenvalue weighted by atomic mass is 16.7. The standard InChI is InChI=1S/C29H38O3/c1-4-7-9-29(32-27-20-16-25(17-21-27)28(30)6-3)31-26-18-14-24(15-19-26)23-12-10-22(8-5-2)11-13-23/h6,14-23,29H,3-5,7-13H2,1-2H3. The zero-order valence-corrected chi connectivity index (χ0v) is 19.7. The Kier molecular flexibility index (Phi) is 9.40. The first kappa shape index (κ1) is 24.1. The highest BCUT2D eigenvalue weighted by Crippen LogP contribution is 2.38. The van der Waals surface area contributed by atoms with E-state index in [0.717, 1.165) is 30.9 Å². The van der Waals surface area contributed by atoms with Crippen LogP contribution in [0.3, 0.4) is 0 Å². The molecule has 0 spiro atoms. The van der Waals surface area contributed by atoms with Gasteiger partial charge < -0.3 is 9.47 Å². The fourth-order valence-electron chi connectivity index (χ4n) is 4.64. The number of allylic oxidation sites excluding steroid dienone is 1. The molecule has 0 saturated heterocycles. The lowest BCUT2D eigenvalue weighted by atomic mass is 9.77. The van der Waals surface area contributed by atoms with Crippen molar-refractivity contribution in [3.63, 3.8) is 0 Å². The summed E-state index contributed by atoms with van der Waals surface area (Å²) in [7, 11) is 0. The number of hydrogen-bond donors (Lipinski definition) is 0. The van der Waals surface area contributed by atoms with Gasteiger partial charge in [-0.25, -0.2) is 0 Å². The van der Waals surface area contributed by atoms with Crippen LogP contribution < -0.4 is 9.47 Å². The second-order valence-electron chi connectivity index (χ2n) is 8.98. The van der Waals surface area contributed by atoms with Crippen molar-refractivity contribution >= 4 is 5.78 Å². The molecule has 1 fully saturated rings. The quantitative estimate of drug-likeness (QED) is 0.192. The third-order valence-corrected chi connectivity index (χ3v) is 6.55. The van der Waals surface area contributed by atoms with Crippen molar-refractivity contribution in [2.75, 3.05) is 0 Å². The van der Waals surface area contributed by atoms with Gasteiger partial charge in [-0.3, -0.25) is 4.79 Å². The zero-order valence-electron chi connectivity index (χ0n) is 19.7. The minimum Gasteiger partial charge on any atom is -0.455 e. The van der Waals surface area contributed by atoms with E-state index >= 15 is 0 Å². The maximum atomic E-state index is 11.7. The summed E-state index contributed by atoms with van der Waals surface area (Å²) >= 11 is 0. The second kappa shape index (κ2) is 12.5. The van der Waals surface area contributed by atoms with Crippen LogP contribution in [-0.4, -0.2) is 12.1 Å². The first-order valence-electron chi connectivity index (χ1n) is 12.3. The first-order valence-corrected chi connectivity index (χ1v) is 12.3. The summed E-state index contributed by atoms with van der Waals surface area (Å²) in [5, 5.41) is 0. The first-order chi connectivity index (χ1) is 15.6. The number of carbonyl (C=O) groups is 1. The Bertz CT molecular complexity index is 830. The highest BCUT2D eigenvalue weighted by Gasteiger charge is 2.22. The van der Waals surface area contributed by atoms with Crippen molar-refractivity contribution in [1.29, 1.82) is 0 Å².